The van der Waals surface area contributed by atoms with E-state index in [1.165, 1.54) is 22.3 Å². The van der Waals surface area contributed by atoms with Crippen molar-refractivity contribution < 1.29 is 0 Å². The number of hydrogen-bond donors (Lipinski definition) is 1. The standard InChI is InChI=1S/C62H46N4/c63-61(52-21-9-3-10-22-52)64-58(42-29-44-17-5-1-6-18-44)50-38-32-46(33-39-50)45-30-34-47(35-31-45)54-25-13-15-27-56(54)57-28-16-14-26-55(57)48-36-40-51(41-37-48)60-43-59(49-19-7-2-8-20-49)65-62(66-60)53-23-11-4-12-24-53/h1-28,30-43H,29H2,(H2,63,64)/b58-42-. The number of aromatic nitrogens is 2. The van der Waals surface area contributed by atoms with E-state index in [2.05, 4.69) is 182 Å². The SMILES string of the molecule is N/C(=N\C(=C/Cc1ccccc1)c1ccc(-c2ccc(-c3ccccc3-c3ccccc3-c3ccc(-c4cc(-c5ccccc5)nc(-c5ccccc5)n4)cc3)cc2)cc1)c1ccccc1. The fraction of sp³-hybridized carbons (Fsp3) is 0.0161. The average Bonchev–Trinajstić information content (AvgIpc) is 3.41. The number of allylic oxidation sites excluding steroid dienone is 1. The van der Waals surface area contributed by atoms with E-state index in [9.17, 15) is 0 Å². The number of aliphatic imine (C=N–C) groups is 1. The Labute approximate surface area is 386 Å². The molecule has 1 aromatic heterocycles. The van der Waals surface area contributed by atoms with Gasteiger partial charge in [-0.05, 0) is 68.1 Å². The van der Waals surface area contributed by atoms with E-state index in [0.29, 0.717) is 11.7 Å². The van der Waals surface area contributed by atoms with Crippen LogP contribution in [-0.2, 0) is 6.42 Å². The lowest BCUT2D eigenvalue weighted by Gasteiger charge is -2.15. The monoisotopic (exact) mass is 846 g/mol. The molecular formula is C62H46N4. The van der Waals surface area contributed by atoms with Gasteiger partial charge in [-0.25, -0.2) is 15.0 Å². The molecule has 0 saturated heterocycles. The van der Waals surface area contributed by atoms with Crippen LogP contribution in [0.3, 0.4) is 0 Å². The van der Waals surface area contributed by atoms with Crippen LogP contribution in [0.2, 0.25) is 0 Å². The molecule has 1 heterocycles. The molecule has 0 atom stereocenters. The van der Waals surface area contributed by atoms with Crippen LogP contribution in [0.5, 0.6) is 0 Å². The van der Waals surface area contributed by atoms with Crippen molar-refractivity contribution in [1.82, 2.24) is 9.97 Å². The highest BCUT2D eigenvalue weighted by atomic mass is 14.9. The highest BCUT2D eigenvalue weighted by molar-refractivity contribution is 6.00. The van der Waals surface area contributed by atoms with Crippen LogP contribution in [-0.4, -0.2) is 15.8 Å². The van der Waals surface area contributed by atoms with Crippen LogP contribution in [0.4, 0.5) is 0 Å². The number of benzene rings is 9. The lowest BCUT2D eigenvalue weighted by atomic mass is 9.88. The predicted octanol–water partition coefficient (Wildman–Crippen LogP) is 15.1. The molecule has 0 aliphatic rings. The number of nitrogens with two attached hydrogens (primary N) is 1. The summed E-state index contributed by atoms with van der Waals surface area (Å²) in [4.78, 5) is 15.0. The fourth-order valence-corrected chi connectivity index (χ4v) is 8.36. The first-order chi connectivity index (χ1) is 32.6. The van der Waals surface area contributed by atoms with Crippen LogP contribution in [0, 0.1) is 0 Å². The fourth-order valence-electron chi connectivity index (χ4n) is 8.36. The summed E-state index contributed by atoms with van der Waals surface area (Å²) in [6, 6.07) is 86.5. The van der Waals surface area contributed by atoms with E-state index in [0.717, 1.165) is 79.1 Å². The molecule has 0 saturated carbocycles. The Bertz CT molecular complexity index is 3210. The van der Waals surface area contributed by atoms with Crippen LogP contribution in [0.15, 0.2) is 260 Å². The van der Waals surface area contributed by atoms with Crippen LogP contribution >= 0.6 is 0 Å². The quantitative estimate of drug-likeness (QED) is 0.0984. The molecule has 0 aliphatic heterocycles. The largest absolute Gasteiger partial charge is 0.383 e. The van der Waals surface area contributed by atoms with Crippen LogP contribution in [0.25, 0.3) is 84.1 Å². The number of hydrogen-bond acceptors (Lipinski definition) is 3. The van der Waals surface area contributed by atoms with Gasteiger partial charge in [0.05, 0.1) is 17.1 Å². The first-order valence-electron chi connectivity index (χ1n) is 22.3. The van der Waals surface area contributed by atoms with Crippen molar-refractivity contribution in [3.63, 3.8) is 0 Å². The van der Waals surface area contributed by atoms with Crippen molar-refractivity contribution in [3.8, 4) is 78.4 Å². The first-order valence-corrected chi connectivity index (χ1v) is 22.3. The van der Waals surface area contributed by atoms with Gasteiger partial charge in [-0.1, -0.05) is 249 Å². The molecule has 10 aromatic rings. The number of amidine groups is 1. The molecular weight excluding hydrogens is 801 g/mol. The lowest BCUT2D eigenvalue weighted by Crippen LogP contribution is -2.13. The first kappa shape index (κ1) is 41.3. The van der Waals surface area contributed by atoms with Crippen molar-refractivity contribution in [3.05, 3.63) is 271 Å². The van der Waals surface area contributed by atoms with Crippen molar-refractivity contribution in [2.75, 3.05) is 0 Å². The van der Waals surface area contributed by atoms with E-state index in [-0.39, 0.29) is 0 Å². The summed E-state index contributed by atoms with van der Waals surface area (Å²) in [6.07, 6.45) is 2.91. The molecule has 4 heteroatoms. The molecule has 2 N–H and O–H groups in total. The summed E-state index contributed by atoms with van der Waals surface area (Å²) in [7, 11) is 0. The van der Waals surface area contributed by atoms with Crippen LogP contribution in [0.1, 0.15) is 16.7 Å². The summed E-state index contributed by atoms with van der Waals surface area (Å²) >= 11 is 0. The summed E-state index contributed by atoms with van der Waals surface area (Å²) in [5.41, 5.74) is 24.6. The summed E-state index contributed by atoms with van der Waals surface area (Å²) in [5.74, 6) is 1.20. The third-order valence-corrected chi connectivity index (χ3v) is 11.9. The second kappa shape index (κ2) is 19.3. The molecule has 0 spiro atoms. The van der Waals surface area contributed by atoms with E-state index < -0.39 is 0 Å². The minimum Gasteiger partial charge on any atom is -0.383 e. The van der Waals surface area contributed by atoms with Crippen molar-refractivity contribution in [1.29, 1.82) is 0 Å². The van der Waals surface area contributed by atoms with Gasteiger partial charge in [-0.3, -0.25) is 0 Å². The summed E-state index contributed by atoms with van der Waals surface area (Å²) in [5, 5.41) is 0. The van der Waals surface area contributed by atoms with Crippen molar-refractivity contribution >= 4 is 11.5 Å². The van der Waals surface area contributed by atoms with Gasteiger partial charge in [0, 0.05) is 22.3 Å². The second-order valence-electron chi connectivity index (χ2n) is 16.2. The summed E-state index contributed by atoms with van der Waals surface area (Å²) in [6.45, 7) is 0. The Kier molecular flexibility index (Phi) is 12.1. The van der Waals surface area contributed by atoms with E-state index in [1.807, 2.05) is 72.8 Å². The minimum atomic E-state index is 0.490. The zero-order chi connectivity index (χ0) is 44.5. The Hall–Kier alpha value is -8.73. The van der Waals surface area contributed by atoms with Gasteiger partial charge >= 0.3 is 0 Å². The lowest BCUT2D eigenvalue weighted by molar-refractivity contribution is 1.18. The molecule has 0 unspecified atom stereocenters. The minimum absolute atomic E-state index is 0.490. The molecule has 0 radical (unpaired) electrons. The zero-order valence-electron chi connectivity index (χ0n) is 36.4. The maximum Gasteiger partial charge on any atom is 0.160 e. The Morgan fingerprint density at radius 2 is 0.758 bits per heavy atom. The normalized spacial score (nSPS) is 11.6. The van der Waals surface area contributed by atoms with E-state index in [1.54, 1.807) is 0 Å². The molecule has 0 fully saturated rings. The Balaban J connectivity index is 0.920. The number of rotatable bonds is 12. The Morgan fingerprint density at radius 3 is 1.29 bits per heavy atom. The molecule has 66 heavy (non-hydrogen) atoms. The number of nitrogens with zero attached hydrogens (tertiary/aromatic N) is 3. The van der Waals surface area contributed by atoms with Crippen LogP contribution < -0.4 is 5.73 Å². The smallest absolute Gasteiger partial charge is 0.160 e. The predicted molar refractivity (Wildman–Crippen MR) is 275 cm³/mol. The molecule has 314 valence electrons. The molecule has 10 rings (SSSR count). The highest BCUT2D eigenvalue weighted by Crippen LogP contribution is 2.39. The average molecular weight is 847 g/mol. The van der Waals surface area contributed by atoms with Gasteiger partial charge in [0.1, 0.15) is 5.84 Å². The van der Waals surface area contributed by atoms with Crippen molar-refractivity contribution in [2.45, 2.75) is 6.42 Å². The highest BCUT2D eigenvalue weighted by Gasteiger charge is 2.15. The Morgan fingerprint density at radius 1 is 0.364 bits per heavy atom. The maximum absolute atomic E-state index is 6.54. The van der Waals surface area contributed by atoms with Gasteiger partial charge in [0.25, 0.3) is 0 Å². The van der Waals surface area contributed by atoms with Gasteiger partial charge in [-0.15, -0.1) is 0 Å². The van der Waals surface area contributed by atoms with Gasteiger partial charge in [0.2, 0.25) is 0 Å². The van der Waals surface area contributed by atoms with E-state index >= 15 is 0 Å². The van der Waals surface area contributed by atoms with Gasteiger partial charge in [0.15, 0.2) is 5.82 Å². The second-order valence-corrected chi connectivity index (χ2v) is 16.2. The van der Waals surface area contributed by atoms with Crippen molar-refractivity contribution in [2.24, 2.45) is 10.7 Å². The van der Waals surface area contributed by atoms with Gasteiger partial charge < -0.3 is 5.73 Å². The molecule has 4 nitrogen and oxygen atoms in total. The summed E-state index contributed by atoms with van der Waals surface area (Å²) < 4.78 is 0. The van der Waals surface area contributed by atoms with E-state index in [4.69, 9.17) is 20.7 Å². The molecule has 9 aromatic carbocycles. The zero-order valence-corrected chi connectivity index (χ0v) is 36.4. The maximum atomic E-state index is 6.54. The molecule has 0 amide bonds. The third-order valence-electron chi connectivity index (χ3n) is 11.9. The topological polar surface area (TPSA) is 64.2 Å². The third kappa shape index (κ3) is 9.30. The molecule has 0 aliphatic carbocycles. The van der Waals surface area contributed by atoms with Gasteiger partial charge in [-0.2, -0.15) is 0 Å². The molecule has 0 bridgehead atoms.